The minimum absolute atomic E-state index is 0.0116. The Morgan fingerprint density at radius 1 is 0.783 bits per heavy atom. The molecule has 11 heteroatoms. The predicted molar refractivity (Wildman–Crippen MR) is 176 cm³/mol. The Kier molecular flexibility index (Phi) is 10.0. The van der Waals surface area contributed by atoms with Crippen LogP contribution in [0.25, 0.3) is 6.08 Å². The number of imide groups is 1. The summed E-state index contributed by atoms with van der Waals surface area (Å²) in [5, 5.41) is 5.55. The highest BCUT2D eigenvalue weighted by Crippen LogP contribution is 2.38. The third-order valence-electron chi connectivity index (χ3n) is 7.10. The minimum Gasteiger partial charge on any atom is -0.493 e. The summed E-state index contributed by atoms with van der Waals surface area (Å²) in [6.45, 7) is 0.270. The number of ether oxygens (including phenoxy) is 3. The largest absolute Gasteiger partial charge is 0.493 e. The van der Waals surface area contributed by atoms with Crippen molar-refractivity contribution < 1.29 is 33.4 Å². The molecule has 4 amide bonds. The average Bonchev–Trinajstić information content (AvgIpc) is 3.33. The number of nitrogens with one attached hydrogen (secondary N) is 2. The van der Waals surface area contributed by atoms with Crippen molar-refractivity contribution in [3.05, 3.63) is 119 Å². The fourth-order valence-electron chi connectivity index (χ4n) is 4.82. The van der Waals surface area contributed by atoms with Gasteiger partial charge in [0.2, 0.25) is 5.75 Å². The number of benzene rings is 4. The molecule has 0 atom stereocenters. The molecule has 0 aliphatic carbocycles. The highest BCUT2D eigenvalue weighted by molar-refractivity contribution is 7.99. The number of fused-ring (bicyclic) bond motifs is 1. The van der Waals surface area contributed by atoms with Crippen LogP contribution in [0.2, 0.25) is 0 Å². The van der Waals surface area contributed by atoms with E-state index >= 15 is 0 Å². The molecule has 0 unspecified atom stereocenters. The van der Waals surface area contributed by atoms with E-state index in [-0.39, 0.29) is 24.1 Å². The summed E-state index contributed by atoms with van der Waals surface area (Å²) >= 11 is 1.48. The smallest absolute Gasteiger partial charge is 0.272 e. The van der Waals surface area contributed by atoms with E-state index in [0.717, 1.165) is 4.90 Å². The number of nitrogens with zero attached hydrogens (tertiary/aromatic N) is 1. The van der Waals surface area contributed by atoms with Crippen LogP contribution in [0.5, 0.6) is 17.2 Å². The number of hydrogen-bond acceptors (Lipinski definition) is 8. The SMILES string of the molecule is COc1cc(/C=C(\NC(=O)c2ccccc2)C(=O)Nc2ccc(SCCN3C(=O)c4ccccc4C3=O)cc2)cc(OC)c1OC. The highest BCUT2D eigenvalue weighted by Gasteiger charge is 2.34. The van der Waals surface area contributed by atoms with Crippen molar-refractivity contribution in [2.75, 3.05) is 38.9 Å². The Labute approximate surface area is 270 Å². The van der Waals surface area contributed by atoms with Gasteiger partial charge in [-0.3, -0.25) is 24.1 Å². The summed E-state index contributed by atoms with van der Waals surface area (Å²) in [4.78, 5) is 53.9. The summed E-state index contributed by atoms with van der Waals surface area (Å²) in [7, 11) is 4.47. The Balaban J connectivity index is 1.29. The number of anilines is 1. The molecule has 4 aromatic rings. The zero-order chi connectivity index (χ0) is 32.6. The van der Waals surface area contributed by atoms with Gasteiger partial charge >= 0.3 is 0 Å². The van der Waals surface area contributed by atoms with E-state index in [4.69, 9.17) is 14.2 Å². The van der Waals surface area contributed by atoms with E-state index in [1.165, 1.54) is 44.1 Å². The molecule has 10 nitrogen and oxygen atoms in total. The molecule has 0 saturated carbocycles. The van der Waals surface area contributed by atoms with Crippen molar-refractivity contribution in [1.29, 1.82) is 0 Å². The van der Waals surface area contributed by atoms with Gasteiger partial charge in [-0.05, 0) is 72.3 Å². The molecule has 1 aliphatic heterocycles. The second-order valence-electron chi connectivity index (χ2n) is 9.97. The number of rotatable bonds is 12. The molecule has 1 heterocycles. The van der Waals surface area contributed by atoms with Crippen LogP contribution in [-0.2, 0) is 4.79 Å². The van der Waals surface area contributed by atoms with Crippen molar-refractivity contribution >= 4 is 47.2 Å². The van der Waals surface area contributed by atoms with Crippen molar-refractivity contribution in [3.8, 4) is 17.2 Å². The zero-order valence-corrected chi connectivity index (χ0v) is 26.2. The van der Waals surface area contributed by atoms with Crippen molar-refractivity contribution in [2.45, 2.75) is 4.90 Å². The number of amides is 4. The van der Waals surface area contributed by atoms with E-state index in [1.54, 1.807) is 78.9 Å². The van der Waals surface area contributed by atoms with Gasteiger partial charge < -0.3 is 24.8 Å². The fourth-order valence-corrected chi connectivity index (χ4v) is 5.66. The number of carbonyl (C=O) groups is 4. The van der Waals surface area contributed by atoms with Gasteiger partial charge in [0, 0.05) is 28.4 Å². The molecule has 46 heavy (non-hydrogen) atoms. The molecule has 5 rings (SSSR count). The summed E-state index contributed by atoms with van der Waals surface area (Å²) in [5.41, 5.74) is 2.25. The quantitative estimate of drug-likeness (QED) is 0.118. The molecule has 4 aromatic carbocycles. The maximum atomic E-state index is 13.5. The molecule has 234 valence electrons. The summed E-state index contributed by atoms with van der Waals surface area (Å²) in [6, 6.07) is 25.8. The Bertz CT molecular complexity index is 1750. The first-order chi connectivity index (χ1) is 22.3. The van der Waals surface area contributed by atoms with Gasteiger partial charge in [-0.1, -0.05) is 30.3 Å². The molecule has 0 aromatic heterocycles. The standard InChI is InChI=1S/C35H31N3O7S/c1-43-29-20-22(21-30(44-2)31(29)45-3)19-28(37-32(39)23-9-5-4-6-10-23)33(40)36-24-13-15-25(16-14-24)46-18-17-38-34(41)26-11-7-8-12-27(26)35(38)42/h4-16,19-21H,17-18H2,1-3H3,(H,36,40)(H,37,39)/b28-19-. The molecule has 1 aliphatic rings. The lowest BCUT2D eigenvalue weighted by Crippen LogP contribution is -2.31. The van der Waals surface area contributed by atoms with E-state index < -0.39 is 11.8 Å². The summed E-state index contributed by atoms with van der Waals surface area (Å²) < 4.78 is 16.3. The normalized spacial score (nSPS) is 12.4. The van der Waals surface area contributed by atoms with E-state index in [9.17, 15) is 19.2 Å². The van der Waals surface area contributed by atoms with E-state index in [2.05, 4.69) is 10.6 Å². The van der Waals surface area contributed by atoms with Gasteiger partial charge in [-0.25, -0.2) is 0 Å². The topological polar surface area (TPSA) is 123 Å². The lowest BCUT2D eigenvalue weighted by Gasteiger charge is -2.15. The monoisotopic (exact) mass is 637 g/mol. The van der Waals surface area contributed by atoms with Gasteiger partial charge in [-0.2, -0.15) is 0 Å². The molecular formula is C35H31N3O7S. The highest BCUT2D eigenvalue weighted by atomic mass is 32.2. The van der Waals surface area contributed by atoms with Crippen LogP contribution >= 0.6 is 11.8 Å². The second kappa shape index (κ2) is 14.5. The number of carbonyl (C=O) groups excluding carboxylic acids is 4. The Morgan fingerprint density at radius 2 is 1.37 bits per heavy atom. The van der Waals surface area contributed by atoms with Gasteiger partial charge in [0.25, 0.3) is 23.6 Å². The van der Waals surface area contributed by atoms with E-state index in [0.29, 0.717) is 50.9 Å². The zero-order valence-electron chi connectivity index (χ0n) is 25.4. The van der Waals surface area contributed by atoms with Gasteiger partial charge in [0.15, 0.2) is 11.5 Å². The van der Waals surface area contributed by atoms with Gasteiger partial charge in [0.05, 0.1) is 32.5 Å². The Morgan fingerprint density at radius 3 is 1.93 bits per heavy atom. The van der Waals surface area contributed by atoms with Crippen LogP contribution in [0.3, 0.4) is 0 Å². The summed E-state index contributed by atoms with van der Waals surface area (Å²) in [5.74, 6) is 0.0933. The van der Waals surface area contributed by atoms with Crippen LogP contribution in [0.1, 0.15) is 36.6 Å². The van der Waals surface area contributed by atoms with Crippen LogP contribution in [0.15, 0.2) is 102 Å². The van der Waals surface area contributed by atoms with E-state index in [1.807, 2.05) is 12.1 Å². The van der Waals surface area contributed by atoms with Crippen LogP contribution in [0, 0.1) is 0 Å². The lowest BCUT2D eigenvalue weighted by molar-refractivity contribution is -0.113. The maximum absolute atomic E-state index is 13.5. The predicted octanol–water partition coefficient (Wildman–Crippen LogP) is 5.51. The number of hydrogen-bond donors (Lipinski definition) is 2. The summed E-state index contributed by atoms with van der Waals surface area (Å²) in [6.07, 6.45) is 1.52. The van der Waals surface area contributed by atoms with Crippen LogP contribution in [0.4, 0.5) is 5.69 Å². The first-order valence-corrected chi connectivity index (χ1v) is 15.2. The molecular weight excluding hydrogens is 606 g/mol. The molecule has 0 radical (unpaired) electrons. The third-order valence-corrected chi connectivity index (χ3v) is 8.09. The maximum Gasteiger partial charge on any atom is 0.272 e. The molecule has 2 N–H and O–H groups in total. The van der Waals surface area contributed by atoms with Crippen molar-refractivity contribution in [1.82, 2.24) is 10.2 Å². The lowest BCUT2D eigenvalue weighted by atomic mass is 10.1. The van der Waals surface area contributed by atoms with Crippen molar-refractivity contribution in [2.24, 2.45) is 0 Å². The van der Waals surface area contributed by atoms with Crippen molar-refractivity contribution in [3.63, 3.8) is 0 Å². The van der Waals surface area contributed by atoms with Gasteiger partial charge in [-0.15, -0.1) is 11.8 Å². The number of methoxy groups -OCH3 is 3. The third kappa shape index (κ3) is 7.05. The molecule has 0 spiro atoms. The minimum atomic E-state index is -0.552. The Hall–Kier alpha value is -5.55. The second-order valence-corrected chi connectivity index (χ2v) is 11.1. The van der Waals surface area contributed by atoms with Gasteiger partial charge in [0.1, 0.15) is 5.70 Å². The molecule has 0 bridgehead atoms. The van der Waals surface area contributed by atoms with Crippen LogP contribution < -0.4 is 24.8 Å². The molecule has 0 saturated heterocycles. The average molecular weight is 638 g/mol. The molecule has 0 fully saturated rings. The van der Waals surface area contributed by atoms with Crippen LogP contribution in [-0.4, -0.2) is 62.2 Å². The first kappa shape index (κ1) is 31.9. The number of thioether (sulfide) groups is 1. The fraction of sp³-hybridized carbons (Fsp3) is 0.143. The first-order valence-electron chi connectivity index (χ1n) is 14.2.